The molecule has 0 aliphatic heterocycles. The van der Waals surface area contributed by atoms with Crippen molar-refractivity contribution in [2.45, 2.75) is 58.2 Å². The van der Waals surface area contributed by atoms with Gasteiger partial charge in [-0.15, -0.1) is 0 Å². The minimum atomic E-state index is -0.334. The summed E-state index contributed by atoms with van der Waals surface area (Å²) < 4.78 is 0. The van der Waals surface area contributed by atoms with Gasteiger partial charge >= 0.3 is 0 Å². The molecule has 122 valence electrons. The Morgan fingerprint density at radius 3 is 2.73 bits per heavy atom. The highest BCUT2D eigenvalue weighted by Gasteiger charge is 2.60. The van der Waals surface area contributed by atoms with Crippen molar-refractivity contribution >= 4 is 0 Å². The van der Waals surface area contributed by atoms with Crippen LogP contribution in [0.2, 0.25) is 0 Å². The normalized spacial score (nSPS) is 56.8. The summed E-state index contributed by atoms with van der Waals surface area (Å²) >= 11 is 0. The Kier molecular flexibility index (Phi) is 3.09. The van der Waals surface area contributed by atoms with Crippen molar-refractivity contribution in [3.05, 3.63) is 23.9 Å². The number of aliphatic hydroxyl groups excluding tert-OH is 2. The van der Waals surface area contributed by atoms with Gasteiger partial charge in [0.1, 0.15) is 0 Å². The van der Waals surface area contributed by atoms with Gasteiger partial charge in [0.25, 0.3) is 0 Å². The number of aliphatic hydroxyl groups is 2. The molecule has 3 heteroatoms. The molecule has 0 heterocycles. The first-order valence-corrected chi connectivity index (χ1v) is 8.88. The van der Waals surface area contributed by atoms with E-state index in [1.165, 1.54) is 0 Å². The molecule has 4 N–H and O–H groups in total. The molecule has 0 aromatic carbocycles. The molecule has 0 aromatic rings. The Labute approximate surface area is 133 Å². The molecule has 1 unspecified atom stereocenters. The van der Waals surface area contributed by atoms with Crippen molar-refractivity contribution in [2.24, 2.45) is 40.2 Å². The fraction of sp³-hybridized carbons (Fsp3) is 0.789. The quantitative estimate of drug-likeness (QED) is 0.603. The van der Waals surface area contributed by atoms with Gasteiger partial charge in [0.15, 0.2) is 0 Å². The highest BCUT2D eigenvalue weighted by molar-refractivity contribution is 5.25. The summed E-state index contributed by atoms with van der Waals surface area (Å²) in [6.45, 7) is 4.66. The molecule has 4 rings (SSSR count). The zero-order valence-electron chi connectivity index (χ0n) is 13.7. The van der Waals surface area contributed by atoms with Gasteiger partial charge in [-0.05, 0) is 61.2 Å². The summed E-state index contributed by atoms with van der Waals surface area (Å²) in [7, 11) is 0. The first kappa shape index (κ1) is 14.8. The number of hydrogen-bond acceptors (Lipinski definition) is 3. The van der Waals surface area contributed by atoms with Crippen molar-refractivity contribution in [1.29, 1.82) is 0 Å². The second-order valence-corrected chi connectivity index (χ2v) is 8.67. The molecule has 0 radical (unpaired) electrons. The standard InChI is InChI=1S/C19H29NO2/c1-18-7-5-12(21)9-11(18)10-15(22)17-13-3-4-16(20)19(13,2)8-6-14(17)18/h4-5,7,11-15,17,21-22H,3,6,8-10,20H2,1-2H3/t11?,12-,13-,14-,15-,17-,18-,19-/m0/s1. The third-order valence-corrected chi connectivity index (χ3v) is 7.83. The van der Waals surface area contributed by atoms with E-state index in [2.05, 4.69) is 26.0 Å². The van der Waals surface area contributed by atoms with Gasteiger partial charge < -0.3 is 15.9 Å². The Morgan fingerprint density at radius 2 is 1.95 bits per heavy atom. The molecule has 2 fully saturated rings. The highest BCUT2D eigenvalue weighted by atomic mass is 16.3. The van der Waals surface area contributed by atoms with Crippen molar-refractivity contribution in [2.75, 3.05) is 0 Å². The van der Waals surface area contributed by atoms with E-state index < -0.39 is 0 Å². The smallest absolute Gasteiger partial charge is 0.0724 e. The van der Waals surface area contributed by atoms with Crippen LogP contribution in [0.1, 0.15) is 46.0 Å². The summed E-state index contributed by atoms with van der Waals surface area (Å²) in [5.41, 5.74) is 7.57. The average molecular weight is 303 g/mol. The van der Waals surface area contributed by atoms with Crippen molar-refractivity contribution in [3.8, 4) is 0 Å². The van der Waals surface area contributed by atoms with E-state index in [9.17, 15) is 10.2 Å². The molecule has 0 bridgehead atoms. The minimum Gasteiger partial charge on any atom is -0.402 e. The van der Waals surface area contributed by atoms with Crippen LogP contribution in [0.25, 0.3) is 0 Å². The number of fused-ring (bicyclic) bond motifs is 5. The fourth-order valence-electron chi connectivity index (χ4n) is 6.37. The van der Waals surface area contributed by atoms with E-state index in [0.29, 0.717) is 23.7 Å². The lowest BCUT2D eigenvalue weighted by atomic mass is 9.45. The lowest BCUT2D eigenvalue weighted by molar-refractivity contribution is -0.134. The summed E-state index contributed by atoms with van der Waals surface area (Å²) in [6, 6.07) is 0. The lowest BCUT2D eigenvalue weighted by Gasteiger charge is -2.60. The zero-order valence-corrected chi connectivity index (χ0v) is 13.7. The molecule has 0 aromatic heterocycles. The molecule has 0 spiro atoms. The summed E-state index contributed by atoms with van der Waals surface area (Å²) in [4.78, 5) is 0. The Bertz CT molecular complexity index is 542. The van der Waals surface area contributed by atoms with Gasteiger partial charge in [0, 0.05) is 11.1 Å². The van der Waals surface area contributed by atoms with Crippen LogP contribution in [0.15, 0.2) is 23.9 Å². The second kappa shape index (κ2) is 4.61. The van der Waals surface area contributed by atoms with Crippen LogP contribution in [-0.4, -0.2) is 22.4 Å². The Morgan fingerprint density at radius 1 is 1.18 bits per heavy atom. The molecule has 3 nitrogen and oxygen atoms in total. The number of rotatable bonds is 0. The molecule has 0 saturated heterocycles. The van der Waals surface area contributed by atoms with Gasteiger partial charge in [-0.2, -0.15) is 0 Å². The molecular formula is C19H29NO2. The fourth-order valence-corrected chi connectivity index (χ4v) is 6.37. The minimum absolute atomic E-state index is 0.0865. The third kappa shape index (κ3) is 1.75. The van der Waals surface area contributed by atoms with Crippen LogP contribution in [-0.2, 0) is 0 Å². The van der Waals surface area contributed by atoms with Gasteiger partial charge in [-0.25, -0.2) is 0 Å². The third-order valence-electron chi connectivity index (χ3n) is 7.83. The first-order valence-electron chi connectivity index (χ1n) is 8.88. The summed E-state index contributed by atoms with van der Waals surface area (Å²) in [5.74, 6) is 1.75. The van der Waals surface area contributed by atoms with Crippen LogP contribution >= 0.6 is 0 Å². The molecular weight excluding hydrogens is 274 g/mol. The molecule has 8 atom stereocenters. The van der Waals surface area contributed by atoms with E-state index in [-0.39, 0.29) is 23.0 Å². The Balaban J connectivity index is 1.72. The van der Waals surface area contributed by atoms with Crippen molar-refractivity contribution in [3.63, 3.8) is 0 Å². The van der Waals surface area contributed by atoms with Gasteiger partial charge in [0.05, 0.1) is 12.2 Å². The van der Waals surface area contributed by atoms with Gasteiger partial charge in [-0.1, -0.05) is 32.1 Å². The van der Waals surface area contributed by atoms with E-state index in [0.717, 1.165) is 37.8 Å². The largest absolute Gasteiger partial charge is 0.402 e. The maximum Gasteiger partial charge on any atom is 0.0724 e. The van der Waals surface area contributed by atoms with Crippen LogP contribution in [0, 0.1) is 34.5 Å². The molecule has 4 aliphatic carbocycles. The second-order valence-electron chi connectivity index (χ2n) is 8.67. The first-order chi connectivity index (χ1) is 10.4. The monoisotopic (exact) mass is 303 g/mol. The van der Waals surface area contributed by atoms with E-state index >= 15 is 0 Å². The van der Waals surface area contributed by atoms with Gasteiger partial charge in [0.2, 0.25) is 0 Å². The van der Waals surface area contributed by atoms with Crippen molar-refractivity contribution < 1.29 is 10.2 Å². The van der Waals surface area contributed by atoms with Crippen molar-refractivity contribution in [1.82, 2.24) is 0 Å². The van der Waals surface area contributed by atoms with Crippen LogP contribution in [0.3, 0.4) is 0 Å². The van der Waals surface area contributed by atoms with Crippen LogP contribution in [0.5, 0.6) is 0 Å². The molecule has 22 heavy (non-hydrogen) atoms. The number of allylic oxidation sites excluding steroid dienone is 3. The van der Waals surface area contributed by atoms with E-state index in [1.807, 2.05) is 6.08 Å². The maximum atomic E-state index is 10.9. The predicted octanol–water partition coefficient (Wildman–Crippen LogP) is 2.59. The van der Waals surface area contributed by atoms with E-state index in [4.69, 9.17) is 5.73 Å². The Hall–Kier alpha value is -0.800. The molecule has 0 amide bonds. The molecule has 2 saturated carbocycles. The van der Waals surface area contributed by atoms with E-state index in [1.54, 1.807) is 0 Å². The topological polar surface area (TPSA) is 66.5 Å². The highest BCUT2D eigenvalue weighted by Crippen LogP contribution is 2.64. The van der Waals surface area contributed by atoms with Gasteiger partial charge in [-0.3, -0.25) is 0 Å². The summed E-state index contributed by atoms with van der Waals surface area (Å²) in [5, 5.41) is 20.9. The lowest BCUT2D eigenvalue weighted by Crippen LogP contribution is -2.57. The number of nitrogens with two attached hydrogens (primary N) is 1. The van der Waals surface area contributed by atoms with Crippen LogP contribution in [0.4, 0.5) is 0 Å². The SMILES string of the molecule is C[C@]12C=C[C@H](O)CC1C[C@H](O)[C@@H]1[C@@H]2CC[C@]2(C)C(N)=CC[C@@H]12. The summed E-state index contributed by atoms with van der Waals surface area (Å²) in [6.07, 6.45) is 10.8. The molecule has 4 aliphatic rings. The maximum absolute atomic E-state index is 10.9. The predicted molar refractivity (Wildman–Crippen MR) is 86.7 cm³/mol. The average Bonchev–Trinajstić information content (AvgIpc) is 2.77. The number of hydrogen-bond donors (Lipinski definition) is 3. The van der Waals surface area contributed by atoms with Crippen LogP contribution < -0.4 is 5.73 Å². The zero-order chi connectivity index (χ0) is 15.7.